The fraction of sp³-hybridized carbons (Fsp3) is 0.545. The largest absolute Gasteiger partial charge is 0.391 e. The number of aromatic nitrogens is 1. The molecule has 0 aliphatic carbocycles. The molecule has 0 radical (unpaired) electrons. The van der Waals surface area contributed by atoms with Crippen LogP contribution in [0.2, 0.25) is 0 Å². The van der Waals surface area contributed by atoms with Crippen LogP contribution < -0.4 is 4.90 Å². The molecule has 1 N–H and O–H groups in total. The standard InChI is InChI=1S/C11H16N2O/c1-2-9-3-5-12-11(7-9)13-6-4-10(14)8-13/h3,5,7,10,14H,2,4,6,8H2,1H3. The zero-order valence-electron chi connectivity index (χ0n) is 8.48. The Morgan fingerprint density at radius 3 is 3.14 bits per heavy atom. The van der Waals surface area contributed by atoms with Crippen LogP contribution in [0.5, 0.6) is 0 Å². The third kappa shape index (κ3) is 1.87. The van der Waals surface area contributed by atoms with Gasteiger partial charge in [0.05, 0.1) is 6.10 Å². The van der Waals surface area contributed by atoms with Gasteiger partial charge in [-0.3, -0.25) is 0 Å². The van der Waals surface area contributed by atoms with Gasteiger partial charge in [-0.25, -0.2) is 4.98 Å². The van der Waals surface area contributed by atoms with Gasteiger partial charge in [0.25, 0.3) is 0 Å². The van der Waals surface area contributed by atoms with Crippen LogP contribution >= 0.6 is 0 Å². The minimum atomic E-state index is -0.179. The molecule has 3 nitrogen and oxygen atoms in total. The summed E-state index contributed by atoms with van der Waals surface area (Å²) >= 11 is 0. The molecule has 2 heterocycles. The third-order valence-electron chi connectivity index (χ3n) is 2.71. The topological polar surface area (TPSA) is 36.4 Å². The van der Waals surface area contributed by atoms with Gasteiger partial charge in [-0.05, 0) is 30.5 Å². The number of β-amino-alcohol motifs (C(OH)–C–C–N with tert-alkyl or cyclic N) is 1. The summed E-state index contributed by atoms with van der Waals surface area (Å²) in [6.07, 6.45) is 3.56. The van der Waals surface area contributed by atoms with E-state index >= 15 is 0 Å². The molecule has 1 atom stereocenters. The number of rotatable bonds is 2. The number of aliphatic hydroxyl groups is 1. The van der Waals surface area contributed by atoms with Crippen molar-refractivity contribution in [3.63, 3.8) is 0 Å². The molecule has 1 unspecified atom stereocenters. The first-order chi connectivity index (χ1) is 6.79. The van der Waals surface area contributed by atoms with Crippen molar-refractivity contribution in [1.82, 2.24) is 4.98 Å². The van der Waals surface area contributed by atoms with E-state index in [1.165, 1.54) is 5.56 Å². The molecule has 1 aromatic heterocycles. The Labute approximate surface area is 84.4 Å². The lowest BCUT2D eigenvalue weighted by Crippen LogP contribution is -2.22. The number of pyridine rings is 1. The average molecular weight is 192 g/mol. The maximum Gasteiger partial charge on any atom is 0.128 e. The summed E-state index contributed by atoms with van der Waals surface area (Å²) in [6.45, 7) is 3.78. The summed E-state index contributed by atoms with van der Waals surface area (Å²) < 4.78 is 0. The average Bonchev–Trinajstić information content (AvgIpc) is 2.65. The molecule has 1 aromatic rings. The van der Waals surface area contributed by atoms with Crippen molar-refractivity contribution in [1.29, 1.82) is 0 Å². The summed E-state index contributed by atoms with van der Waals surface area (Å²) in [4.78, 5) is 6.46. The second-order valence-electron chi connectivity index (χ2n) is 3.76. The van der Waals surface area contributed by atoms with E-state index < -0.39 is 0 Å². The summed E-state index contributed by atoms with van der Waals surface area (Å²) in [5.74, 6) is 1.00. The van der Waals surface area contributed by atoms with Gasteiger partial charge in [-0.1, -0.05) is 6.92 Å². The number of aryl methyl sites for hydroxylation is 1. The van der Waals surface area contributed by atoms with Crippen LogP contribution in [0.25, 0.3) is 0 Å². The van der Waals surface area contributed by atoms with Crippen LogP contribution in [0.4, 0.5) is 5.82 Å². The van der Waals surface area contributed by atoms with Gasteiger partial charge in [0.2, 0.25) is 0 Å². The second kappa shape index (κ2) is 3.96. The first-order valence-electron chi connectivity index (χ1n) is 5.17. The lowest BCUT2D eigenvalue weighted by atomic mass is 10.2. The number of nitrogens with zero attached hydrogens (tertiary/aromatic N) is 2. The van der Waals surface area contributed by atoms with Crippen molar-refractivity contribution in [2.75, 3.05) is 18.0 Å². The number of aliphatic hydroxyl groups excluding tert-OH is 1. The maximum absolute atomic E-state index is 9.42. The zero-order valence-corrected chi connectivity index (χ0v) is 8.48. The first-order valence-corrected chi connectivity index (χ1v) is 5.17. The van der Waals surface area contributed by atoms with E-state index in [4.69, 9.17) is 0 Å². The molecule has 2 rings (SSSR count). The van der Waals surface area contributed by atoms with Crippen LogP contribution in [0.15, 0.2) is 18.3 Å². The fourth-order valence-corrected chi connectivity index (χ4v) is 1.80. The molecule has 1 aliphatic heterocycles. The Bertz CT molecular complexity index is 314. The Morgan fingerprint density at radius 2 is 2.50 bits per heavy atom. The van der Waals surface area contributed by atoms with Gasteiger partial charge in [-0.2, -0.15) is 0 Å². The highest BCUT2D eigenvalue weighted by Gasteiger charge is 2.20. The summed E-state index contributed by atoms with van der Waals surface area (Å²) in [5, 5.41) is 9.42. The third-order valence-corrected chi connectivity index (χ3v) is 2.71. The Kier molecular flexibility index (Phi) is 2.68. The molecule has 1 saturated heterocycles. The van der Waals surface area contributed by atoms with E-state index in [1.807, 2.05) is 12.3 Å². The minimum absolute atomic E-state index is 0.179. The highest BCUT2D eigenvalue weighted by molar-refractivity contribution is 5.42. The van der Waals surface area contributed by atoms with Crippen molar-refractivity contribution in [2.24, 2.45) is 0 Å². The molecular weight excluding hydrogens is 176 g/mol. The van der Waals surface area contributed by atoms with Crippen molar-refractivity contribution >= 4 is 5.82 Å². The SMILES string of the molecule is CCc1ccnc(N2CCC(O)C2)c1. The number of anilines is 1. The quantitative estimate of drug-likeness (QED) is 0.765. The lowest BCUT2D eigenvalue weighted by Gasteiger charge is -2.16. The van der Waals surface area contributed by atoms with Gasteiger partial charge >= 0.3 is 0 Å². The van der Waals surface area contributed by atoms with Crippen molar-refractivity contribution in [3.8, 4) is 0 Å². The molecule has 0 aromatic carbocycles. The molecule has 1 fully saturated rings. The predicted molar refractivity (Wildman–Crippen MR) is 56.5 cm³/mol. The van der Waals surface area contributed by atoms with Gasteiger partial charge in [0.1, 0.15) is 5.82 Å². The van der Waals surface area contributed by atoms with Crippen LogP contribution in [0, 0.1) is 0 Å². The van der Waals surface area contributed by atoms with Gasteiger partial charge in [0.15, 0.2) is 0 Å². The molecule has 14 heavy (non-hydrogen) atoms. The van der Waals surface area contributed by atoms with Crippen LogP contribution in [0.3, 0.4) is 0 Å². The minimum Gasteiger partial charge on any atom is -0.391 e. The lowest BCUT2D eigenvalue weighted by molar-refractivity contribution is 0.198. The van der Waals surface area contributed by atoms with Crippen molar-refractivity contribution < 1.29 is 5.11 Å². The first kappa shape index (κ1) is 9.46. The van der Waals surface area contributed by atoms with E-state index in [0.717, 1.165) is 31.7 Å². The van der Waals surface area contributed by atoms with Crippen molar-refractivity contribution in [3.05, 3.63) is 23.9 Å². The highest BCUT2D eigenvalue weighted by atomic mass is 16.3. The van der Waals surface area contributed by atoms with Crippen molar-refractivity contribution in [2.45, 2.75) is 25.9 Å². The molecule has 0 saturated carbocycles. The normalized spacial score (nSPS) is 21.6. The van der Waals surface area contributed by atoms with E-state index in [-0.39, 0.29) is 6.10 Å². The Balaban J connectivity index is 2.15. The Hall–Kier alpha value is -1.09. The van der Waals surface area contributed by atoms with Crippen LogP contribution in [-0.2, 0) is 6.42 Å². The molecular formula is C11H16N2O. The van der Waals surface area contributed by atoms with Crippen LogP contribution in [-0.4, -0.2) is 29.3 Å². The number of hydrogen-bond donors (Lipinski definition) is 1. The Morgan fingerprint density at radius 1 is 1.64 bits per heavy atom. The molecule has 0 bridgehead atoms. The highest BCUT2D eigenvalue weighted by Crippen LogP contribution is 2.18. The monoisotopic (exact) mass is 192 g/mol. The summed E-state index contributed by atoms with van der Waals surface area (Å²) in [6, 6.07) is 4.15. The molecule has 76 valence electrons. The van der Waals surface area contributed by atoms with Crippen LogP contribution in [0.1, 0.15) is 18.9 Å². The van der Waals surface area contributed by atoms with Gasteiger partial charge in [0, 0.05) is 19.3 Å². The molecule has 1 aliphatic rings. The number of hydrogen-bond acceptors (Lipinski definition) is 3. The fourth-order valence-electron chi connectivity index (χ4n) is 1.80. The van der Waals surface area contributed by atoms with Gasteiger partial charge in [-0.15, -0.1) is 0 Å². The predicted octanol–water partition coefficient (Wildman–Crippen LogP) is 1.21. The maximum atomic E-state index is 9.42. The summed E-state index contributed by atoms with van der Waals surface area (Å²) in [7, 11) is 0. The van der Waals surface area contributed by atoms with Gasteiger partial charge < -0.3 is 10.0 Å². The van der Waals surface area contributed by atoms with E-state index in [9.17, 15) is 5.11 Å². The summed E-state index contributed by atoms with van der Waals surface area (Å²) in [5.41, 5.74) is 1.30. The van der Waals surface area contributed by atoms with E-state index in [1.54, 1.807) is 0 Å². The molecule has 0 spiro atoms. The molecule has 3 heteroatoms. The molecule has 0 amide bonds. The zero-order chi connectivity index (χ0) is 9.97. The second-order valence-corrected chi connectivity index (χ2v) is 3.76. The van der Waals surface area contributed by atoms with E-state index in [0.29, 0.717) is 0 Å². The van der Waals surface area contributed by atoms with E-state index in [2.05, 4.69) is 22.9 Å². The smallest absolute Gasteiger partial charge is 0.128 e.